The molecule has 0 radical (unpaired) electrons. The van der Waals surface area contributed by atoms with Gasteiger partial charge in [0.15, 0.2) is 6.10 Å². The lowest BCUT2D eigenvalue weighted by Gasteiger charge is -2.34. The zero-order chi connectivity index (χ0) is 12.9. The van der Waals surface area contributed by atoms with Crippen molar-refractivity contribution in [2.24, 2.45) is 17.6 Å². The number of rotatable bonds is 5. The Kier molecular flexibility index (Phi) is 5.73. The van der Waals surface area contributed by atoms with Gasteiger partial charge in [0.05, 0.1) is 0 Å². The molecule has 0 spiro atoms. The van der Waals surface area contributed by atoms with Crippen LogP contribution in [-0.4, -0.2) is 25.9 Å². The standard InChI is InChI=1S/C12H22F3NO/c1-17-11(12(13,14)15)10-6-4-9(5-7-10)3-2-8-16/h9-11H,2-8,16H2,1H3. The number of hydrogen-bond acceptors (Lipinski definition) is 2. The van der Waals surface area contributed by atoms with Gasteiger partial charge in [-0.1, -0.05) is 12.8 Å². The fourth-order valence-electron chi connectivity index (χ4n) is 2.78. The third-order valence-corrected chi connectivity index (χ3v) is 3.71. The van der Waals surface area contributed by atoms with Crippen molar-refractivity contribution in [2.45, 2.75) is 50.8 Å². The second kappa shape index (κ2) is 6.59. The van der Waals surface area contributed by atoms with Crippen LogP contribution in [-0.2, 0) is 4.74 Å². The molecule has 102 valence electrons. The quantitative estimate of drug-likeness (QED) is 0.817. The molecule has 1 rings (SSSR count). The van der Waals surface area contributed by atoms with Crippen LogP contribution >= 0.6 is 0 Å². The molecule has 17 heavy (non-hydrogen) atoms. The van der Waals surface area contributed by atoms with E-state index in [1.165, 1.54) is 0 Å². The van der Waals surface area contributed by atoms with E-state index in [4.69, 9.17) is 5.73 Å². The van der Waals surface area contributed by atoms with Gasteiger partial charge in [-0.2, -0.15) is 13.2 Å². The largest absolute Gasteiger partial charge is 0.414 e. The summed E-state index contributed by atoms with van der Waals surface area (Å²) in [6.45, 7) is 0.670. The third kappa shape index (κ3) is 4.47. The highest BCUT2D eigenvalue weighted by Gasteiger charge is 2.45. The van der Waals surface area contributed by atoms with E-state index in [0.717, 1.165) is 32.8 Å². The van der Waals surface area contributed by atoms with Gasteiger partial charge in [-0.3, -0.25) is 0 Å². The zero-order valence-electron chi connectivity index (χ0n) is 10.3. The second-order valence-corrected chi connectivity index (χ2v) is 4.91. The van der Waals surface area contributed by atoms with Gasteiger partial charge in [-0.25, -0.2) is 0 Å². The van der Waals surface area contributed by atoms with Crippen molar-refractivity contribution in [1.29, 1.82) is 0 Å². The monoisotopic (exact) mass is 253 g/mol. The third-order valence-electron chi connectivity index (χ3n) is 3.71. The summed E-state index contributed by atoms with van der Waals surface area (Å²) >= 11 is 0. The first-order valence-corrected chi connectivity index (χ1v) is 6.28. The minimum atomic E-state index is -4.23. The van der Waals surface area contributed by atoms with Gasteiger partial charge < -0.3 is 10.5 Å². The molecule has 0 amide bonds. The average molecular weight is 253 g/mol. The Balaban J connectivity index is 2.40. The second-order valence-electron chi connectivity index (χ2n) is 4.91. The summed E-state index contributed by atoms with van der Waals surface area (Å²) in [4.78, 5) is 0. The van der Waals surface area contributed by atoms with E-state index in [9.17, 15) is 13.2 Å². The molecule has 1 aliphatic carbocycles. The van der Waals surface area contributed by atoms with E-state index >= 15 is 0 Å². The number of methoxy groups -OCH3 is 1. The van der Waals surface area contributed by atoms with Gasteiger partial charge in [0.1, 0.15) is 0 Å². The number of nitrogens with two attached hydrogens (primary N) is 1. The van der Waals surface area contributed by atoms with Crippen LogP contribution in [0.4, 0.5) is 13.2 Å². The first-order chi connectivity index (χ1) is 7.99. The molecule has 0 aromatic rings. The van der Waals surface area contributed by atoms with E-state index in [1.807, 2.05) is 0 Å². The van der Waals surface area contributed by atoms with Crippen LogP contribution in [0.2, 0.25) is 0 Å². The van der Waals surface area contributed by atoms with Crippen molar-refractivity contribution in [3.05, 3.63) is 0 Å². The average Bonchev–Trinajstić information content (AvgIpc) is 2.27. The Morgan fingerprint density at radius 1 is 1.24 bits per heavy atom. The van der Waals surface area contributed by atoms with E-state index in [1.54, 1.807) is 0 Å². The van der Waals surface area contributed by atoms with E-state index in [0.29, 0.717) is 25.3 Å². The SMILES string of the molecule is COC(C1CCC(CCCN)CC1)C(F)(F)F. The van der Waals surface area contributed by atoms with Gasteiger partial charge in [0, 0.05) is 7.11 Å². The predicted octanol–water partition coefficient (Wildman–Crippen LogP) is 3.11. The molecule has 2 N–H and O–H groups in total. The fraction of sp³-hybridized carbons (Fsp3) is 1.00. The topological polar surface area (TPSA) is 35.2 Å². The number of hydrogen-bond donors (Lipinski definition) is 1. The molecule has 1 unspecified atom stereocenters. The fourth-order valence-corrected chi connectivity index (χ4v) is 2.78. The summed E-state index contributed by atoms with van der Waals surface area (Å²) in [6.07, 6.45) is -0.807. The van der Waals surface area contributed by atoms with Crippen LogP contribution in [0.25, 0.3) is 0 Å². The lowest BCUT2D eigenvalue weighted by molar-refractivity contribution is -0.231. The highest BCUT2D eigenvalue weighted by atomic mass is 19.4. The molecule has 0 aromatic heterocycles. The van der Waals surface area contributed by atoms with Gasteiger partial charge >= 0.3 is 6.18 Å². The minimum absolute atomic E-state index is 0.367. The van der Waals surface area contributed by atoms with Crippen LogP contribution in [0.15, 0.2) is 0 Å². The number of halogens is 3. The summed E-state index contributed by atoms with van der Waals surface area (Å²) in [6, 6.07) is 0. The zero-order valence-corrected chi connectivity index (χ0v) is 10.3. The maximum Gasteiger partial charge on any atom is 0.414 e. The summed E-state index contributed by atoms with van der Waals surface area (Å²) in [5, 5.41) is 0. The number of alkyl halides is 3. The van der Waals surface area contributed by atoms with Crippen molar-refractivity contribution in [3.8, 4) is 0 Å². The Hall–Kier alpha value is -0.290. The highest BCUT2D eigenvalue weighted by molar-refractivity contribution is 4.82. The van der Waals surface area contributed by atoms with Crippen LogP contribution in [0.3, 0.4) is 0 Å². The van der Waals surface area contributed by atoms with Crippen molar-refractivity contribution in [3.63, 3.8) is 0 Å². The molecule has 0 saturated heterocycles. The minimum Gasteiger partial charge on any atom is -0.372 e. The van der Waals surface area contributed by atoms with Crippen LogP contribution in [0, 0.1) is 11.8 Å². The molecule has 1 fully saturated rings. The molecule has 0 aliphatic heterocycles. The molecular formula is C12H22F3NO. The molecule has 0 heterocycles. The first-order valence-electron chi connectivity index (χ1n) is 6.28. The maximum atomic E-state index is 12.7. The van der Waals surface area contributed by atoms with Gasteiger partial charge in [-0.05, 0) is 44.1 Å². The smallest absolute Gasteiger partial charge is 0.372 e. The summed E-state index contributed by atoms with van der Waals surface area (Å²) in [5.74, 6) is 0.190. The first kappa shape index (κ1) is 14.8. The van der Waals surface area contributed by atoms with Gasteiger partial charge in [0.25, 0.3) is 0 Å². The Morgan fingerprint density at radius 3 is 2.24 bits per heavy atom. The maximum absolute atomic E-state index is 12.7. The molecule has 1 aliphatic rings. The van der Waals surface area contributed by atoms with Crippen LogP contribution in [0.1, 0.15) is 38.5 Å². The number of ether oxygens (including phenoxy) is 1. The molecular weight excluding hydrogens is 231 g/mol. The molecule has 1 saturated carbocycles. The van der Waals surface area contributed by atoms with E-state index in [-0.39, 0.29) is 5.92 Å². The van der Waals surface area contributed by atoms with Crippen molar-refractivity contribution in [1.82, 2.24) is 0 Å². The van der Waals surface area contributed by atoms with Gasteiger partial charge in [0.2, 0.25) is 0 Å². The van der Waals surface area contributed by atoms with Crippen molar-refractivity contribution < 1.29 is 17.9 Å². The normalized spacial score (nSPS) is 28.1. The molecule has 5 heteroatoms. The highest BCUT2D eigenvalue weighted by Crippen LogP contribution is 2.39. The Labute approximate surface area is 101 Å². The Morgan fingerprint density at radius 2 is 1.82 bits per heavy atom. The van der Waals surface area contributed by atoms with Crippen LogP contribution < -0.4 is 5.73 Å². The Bertz CT molecular complexity index is 212. The predicted molar refractivity (Wildman–Crippen MR) is 60.6 cm³/mol. The molecule has 0 bridgehead atoms. The van der Waals surface area contributed by atoms with Crippen LogP contribution in [0.5, 0.6) is 0 Å². The van der Waals surface area contributed by atoms with Crippen molar-refractivity contribution in [2.75, 3.05) is 13.7 Å². The van der Waals surface area contributed by atoms with Gasteiger partial charge in [-0.15, -0.1) is 0 Å². The molecule has 0 aromatic carbocycles. The van der Waals surface area contributed by atoms with Crippen molar-refractivity contribution >= 4 is 0 Å². The lowest BCUT2D eigenvalue weighted by atomic mass is 9.77. The summed E-state index contributed by atoms with van der Waals surface area (Å²) in [5.41, 5.74) is 5.43. The lowest BCUT2D eigenvalue weighted by Crippen LogP contribution is -2.39. The molecule has 2 nitrogen and oxygen atoms in total. The van der Waals surface area contributed by atoms with E-state index < -0.39 is 12.3 Å². The summed E-state index contributed by atoms with van der Waals surface area (Å²) in [7, 11) is 1.15. The molecule has 1 atom stereocenters. The summed E-state index contributed by atoms with van der Waals surface area (Å²) < 4.78 is 42.6. The van der Waals surface area contributed by atoms with E-state index in [2.05, 4.69) is 4.74 Å².